The molecule has 0 amide bonds. The summed E-state index contributed by atoms with van der Waals surface area (Å²) in [6, 6.07) is 0. The molecule has 0 aliphatic carbocycles. The van der Waals surface area contributed by atoms with E-state index in [-0.39, 0.29) is 12.4 Å². The normalized spacial score (nSPS) is 11.8. The van der Waals surface area contributed by atoms with E-state index in [1.54, 1.807) is 0 Å². The van der Waals surface area contributed by atoms with Gasteiger partial charge in [0.1, 0.15) is 9.84 Å². The highest BCUT2D eigenvalue weighted by molar-refractivity contribution is 7.90. The Bertz CT molecular complexity index is 186. The second-order valence-electron chi connectivity index (χ2n) is 2.44. The van der Waals surface area contributed by atoms with Crippen molar-refractivity contribution in [1.29, 1.82) is 0 Å². The van der Waals surface area contributed by atoms with Crippen LogP contribution in [0, 0.1) is 0 Å². The van der Waals surface area contributed by atoms with E-state index in [2.05, 4.69) is 0 Å². The maximum absolute atomic E-state index is 10.6. The van der Waals surface area contributed by atoms with Crippen molar-refractivity contribution in [2.24, 2.45) is 0 Å². The summed E-state index contributed by atoms with van der Waals surface area (Å²) < 4.78 is 31.2. The van der Waals surface area contributed by atoms with Crippen LogP contribution in [0.25, 0.3) is 0 Å². The minimum absolute atomic E-state index is 0.0825. The largest absolute Gasteiger partial charge is 0.379 e. The van der Waals surface area contributed by atoms with E-state index in [4.69, 9.17) is 9.47 Å². The molecule has 0 aromatic rings. The van der Waals surface area contributed by atoms with E-state index < -0.39 is 9.84 Å². The van der Waals surface area contributed by atoms with Gasteiger partial charge in [0.25, 0.3) is 0 Å². The van der Waals surface area contributed by atoms with Gasteiger partial charge >= 0.3 is 0 Å². The Morgan fingerprint density at radius 1 is 1.08 bits per heavy atom. The molecule has 0 radical (unpaired) electrons. The topological polar surface area (TPSA) is 52.6 Å². The van der Waals surface area contributed by atoms with Gasteiger partial charge in [0.2, 0.25) is 0 Å². The van der Waals surface area contributed by atoms with E-state index in [9.17, 15) is 8.42 Å². The van der Waals surface area contributed by atoms with Gasteiger partial charge in [0.05, 0.1) is 25.6 Å². The third-order valence-corrected chi connectivity index (χ3v) is 2.08. The third kappa shape index (κ3) is 9.87. The number of ether oxygens (including phenoxy) is 2. The van der Waals surface area contributed by atoms with Crippen LogP contribution in [0.4, 0.5) is 0 Å². The average Bonchev–Trinajstić information content (AvgIpc) is 1.94. The summed E-state index contributed by atoms with van der Waals surface area (Å²) in [5.74, 6) is 0.0825. The summed E-state index contributed by atoms with van der Waals surface area (Å²) in [5, 5.41) is 0. The lowest BCUT2D eigenvalue weighted by molar-refractivity contribution is 0.0591. The van der Waals surface area contributed by atoms with Gasteiger partial charge in [-0.25, -0.2) is 8.42 Å². The zero-order valence-corrected chi connectivity index (χ0v) is 8.39. The third-order valence-electron chi connectivity index (χ3n) is 1.17. The van der Waals surface area contributed by atoms with E-state index in [1.807, 2.05) is 6.92 Å². The molecule has 0 saturated carbocycles. The first-order valence-electron chi connectivity index (χ1n) is 3.89. The van der Waals surface area contributed by atoms with Crippen LogP contribution in [-0.4, -0.2) is 46.9 Å². The van der Waals surface area contributed by atoms with Crippen LogP contribution < -0.4 is 0 Å². The van der Waals surface area contributed by atoms with Crippen molar-refractivity contribution < 1.29 is 17.9 Å². The number of hydrogen-bond donors (Lipinski definition) is 0. The van der Waals surface area contributed by atoms with E-state index in [0.717, 1.165) is 0 Å². The Morgan fingerprint density at radius 3 is 2.17 bits per heavy atom. The van der Waals surface area contributed by atoms with Crippen molar-refractivity contribution >= 4 is 9.84 Å². The SMILES string of the molecule is CCOCCOCCS(C)(=O)=O. The van der Waals surface area contributed by atoms with Crippen LogP contribution in [0.15, 0.2) is 0 Å². The summed E-state index contributed by atoms with van der Waals surface area (Å²) in [4.78, 5) is 0. The number of hydrogen-bond acceptors (Lipinski definition) is 4. The van der Waals surface area contributed by atoms with Crippen molar-refractivity contribution in [2.45, 2.75) is 6.92 Å². The molecule has 0 rings (SSSR count). The Labute approximate surface area is 73.8 Å². The lowest BCUT2D eigenvalue weighted by atomic mass is 10.7. The molecule has 0 aromatic heterocycles. The van der Waals surface area contributed by atoms with Crippen molar-refractivity contribution in [3.8, 4) is 0 Å². The van der Waals surface area contributed by atoms with Crippen LogP contribution in [0.2, 0.25) is 0 Å². The van der Waals surface area contributed by atoms with Crippen LogP contribution >= 0.6 is 0 Å². The molecule has 5 heteroatoms. The molecule has 0 aliphatic rings. The fourth-order valence-corrected chi connectivity index (χ4v) is 0.995. The van der Waals surface area contributed by atoms with Gasteiger partial charge in [-0.2, -0.15) is 0 Å². The fraction of sp³-hybridized carbons (Fsp3) is 1.00. The quantitative estimate of drug-likeness (QED) is 0.541. The maximum atomic E-state index is 10.6. The Hall–Kier alpha value is -0.130. The predicted molar refractivity (Wildman–Crippen MR) is 47.0 cm³/mol. The van der Waals surface area contributed by atoms with Crippen LogP contribution in [0.1, 0.15) is 6.92 Å². The smallest absolute Gasteiger partial charge is 0.149 e. The second kappa shape index (κ2) is 6.39. The lowest BCUT2D eigenvalue weighted by Gasteiger charge is -2.02. The lowest BCUT2D eigenvalue weighted by Crippen LogP contribution is -2.12. The predicted octanol–water partition coefficient (Wildman–Crippen LogP) is 0.0841. The Kier molecular flexibility index (Phi) is 6.32. The second-order valence-corrected chi connectivity index (χ2v) is 4.70. The average molecular weight is 196 g/mol. The van der Waals surface area contributed by atoms with Crippen LogP contribution in [0.3, 0.4) is 0 Å². The Morgan fingerprint density at radius 2 is 1.67 bits per heavy atom. The summed E-state index contributed by atoms with van der Waals surface area (Å²) in [6.45, 7) is 3.81. The van der Waals surface area contributed by atoms with Crippen LogP contribution in [0.5, 0.6) is 0 Å². The Balaban J connectivity index is 3.12. The van der Waals surface area contributed by atoms with Crippen molar-refractivity contribution in [3.05, 3.63) is 0 Å². The standard InChI is InChI=1S/C7H16O4S/c1-3-10-4-5-11-6-7-12(2,8)9/h3-7H2,1-2H3. The molecular weight excluding hydrogens is 180 g/mol. The zero-order chi connectivity index (χ0) is 9.45. The molecule has 4 nitrogen and oxygen atoms in total. The summed E-state index contributed by atoms with van der Waals surface area (Å²) >= 11 is 0. The molecule has 0 aromatic carbocycles. The van der Waals surface area contributed by atoms with Gasteiger partial charge in [0, 0.05) is 12.9 Å². The van der Waals surface area contributed by atoms with Crippen molar-refractivity contribution in [3.63, 3.8) is 0 Å². The van der Waals surface area contributed by atoms with E-state index in [0.29, 0.717) is 19.8 Å². The highest BCUT2D eigenvalue weighted by atomic mass is 32.2. The molecular formula is C7H16O4S. The molecule has 12 heavy (non-hydrogen) atoms. The zero-order valence-electron chi connectivity index (χ0n) is 7.58. The molecule has 0 unspecified atom stereocenters. The molecule has 0 saturated heterocycles. The molecule has 0 atom stereocenters. The number of sulfone groups is 1. The molecule has 0 fully saturated rings. The van der Waals surface area contributed by atoms with Gasteiger partial charge in [-0.1, -0.05) is 0 Å². The first-order chi connectivity index (χ1) is 5.56. The van der Waals surface area contributed by atoms with E-state index >= 15 is 0 Å². The maximum Gasteiger partial charge on any atom is 0.149 e. The molecule has 0 heterocycles. The molecule has 74 valence electrons. The molecule has 0 bridgehead atoms. The monoisotopic (exact) mass is 196 g/mol. The van der Waals surface area contributed by atoms with Crippen molar-refractivity contribution in [2.75, 3.05) is 38.4 Å². The first kappa shape index (κ1) is 11.9. The van der Waals surface area contributed by atoms with Gasteiger partial charge < -0.3 is 9.47 Å². The molecule has 0 spiro atoms. The highest BCUT2D eigenvalue weighted by Gasteiger charge is 2.00. The van der Waals surface area contributed by atoms with Crippen molar-refractivity contribution in [1.82, 2.24) is 0 Å². The van der Waals surface area contributed by atoms with Gasteiger partial charge in [-0.05, 0) is 6.92 Å². The summed E-state index contributed by atoms with van der Waals surface area (Å²) in [6.07, 6.45) is 1.19. The van der Waals surface area contributed by atoms with Gasteiger partial charge in [0.15, 0.2) is 0 Å². The minimum Gasteiger partial charge on any atom is -0.379 e. The first-order valence-corrected chi connectivity index (χ1v) is 5.95. The van der Waals surface area contributed by atoms with Gasteiger partial charge in [-0.15, -0.1) is 0 Å². The van der Waals surface area contributed by atoms with E-state index in [1.165, 1.54) is 6.26 Å². The minimum atomic E-state index is -2.88. The highest BCUT2D eigenvalue weighted by Crippen LogP contribution is 1.84. The molecule has 0 N–H and O–H groups in total. The summed E-state index contributed by atoms with van der Waals surface area (Å²) in [5.41, 5.74) is 0. The fourth-order valence-electron chi connectivity index (χ4n) is 0.575. The molecule has 0 aliphatic heterocycles. The summed E-state index contributed by atoms with van der Waals surface area (Å²) in [7, 11) is -2.88. The number of rotatable bonds is 7. The van der Waals surface area contributed by atoms with Gasteiger partial charge in [-0.3, -0.25) is 0 Å². The van der Waals surface area contributed by atoms with Crippen LogP contribution in [-0.2, 0) is 19.3 Å².